The molecule has 0 saturated carbocycles. The lowest BCUT2D eigenvalue weighted by molar-refractivity contribution is 0.406. The fourth-order valence-corrected chi connectivity index (χ4v) is 4.96. The Morgan fingerprint density at radius 2 is 2.09 bits per heavy atom. The Labute approximate surface area is 191 Å². The van der Waals surface area contributed by atoms with Gasteiger partial charge in [0.1, 0.15) is 5.75 Å². The third-order valence-electron chi connectivity index (χ3n) is 5.71. The van der Waals surface area contributed by atoms with Crippen LogP contribution < -0.4 is 19.9 Å². The highest BCUT2D eigenvalue weighted by Crippen LogP contribution is 2.44. The minimum Gasteiger partial charge on any atom is -0.496 e. The number of ether oxygens (including phenoxy) is 1. The molecule has 2 aromatic heterocycles. The highest BCUT2D eigenvalue weighted by atomic mass is 35.5. The molecule has 1 aliphatic rings. The molecule has 0 aliphatic carbocycles. The van der Waals surface area contributed by atoms with Gasteiger partial charge in [0.15, 0.2) is 0 Å². The first-order valence-corrected chi connectivity index (χ1v) is 12.6. The second kappa shape index (κ2) is 8.73. The van der Waals surface area contributed by atoms with E-state index in [4.69, 9.17) is 16.3 Å². The zero-order valence-corrected chi connectivity index (χ0v) is 19.7. The maximum atomic E-state index is 12.5. The van der Waals surface area contributed by atoms with Gasteiger partial charge in [-0.1, -0.05) is 18.5 Å². The largest absolute Gasteiger partial charge is 0.496 e. The number of aryl methyl sites for hydroxylation is 1. The SMILES string of the molecule is CCc1cc(-c2ccc[nH]c2=O)c2ncc(N3CC(CNS(C)(=O)=O)C3)c(Cl)c2c1OC. The molecule has 170 valence electrons. The summed E-state index contributed by atoms with van der Waals surface area (Å²) in [5.74, 6) is 0.840. The van der Waals surface area contributed by atoms with Crippen molar-refractivity contribution in [2.24, 2.45) is 5.92 Å². The molecule has 0 bridgehead atoms. The lowest BCUT2D eigenvalue weighted by atomic mass is 9.96. The van der Waals surface area contributed by atoms with E-state index in [0.29, 0.717) is 58.9 Å². The molecule has 10 heteroatoms. The standard InChI is InChI=1S/C22H25ClN4O4S/c1-4-14-8-16(15-6-5-7-24-22(15)28)20-18(21(14)31-2)19(23)17(10-25-20)27-11-13(12-27)9-26-32(3,29)30/h5-8,10,13,26H,4,9,11-12H2,1-3H3,(H,24,28). The maximum absolute atomic E-state index is 12.5. The summed E-state index contributed by atoms with van der Waals surface area (Å²) in [5, 5.41) is 1.17. The number of nitrogens with one attached hydrogen (secondary N) is 2. The number of nitrogens with zero attached hydrogens (tertiary/aromatic N) is 2. The lowest BCUT2D eigenvalue weighted by Gasteiger charge is -2.41. The number of halogens is 1. The quantitative estimate of drug-likeness (QED) is 0.543. The second-order valence-electron chi connectivity index (χ2n) is 7.96. The highest BCUT2D eigenvalue weighted by molar-refractivity contribution is 7.88. The molecule has 0 radical (unpaired) electrons. The number of H-pyrrole nitrogens is 1. The Kier molecular flexibility index (Phi) is 6.15. The first kappa shape index (κ1) is 22.6. The zero-order valence-electron chi connectivity index (χ0n) is 18.1. The van der Waals surface area contributed by atoms with E-state index >= 15 is 0 Å². The van der Waals surface area contributed by atoms with Crippen LogP contribution in [-0.2, 0) is 16.4 Å². The summed E-state index contributed by atoms with van der Waals surface area (Å²) in [5.41, 5.74) is 3.30. The van der Waals surface area contributed by atoms with Crippen LogP contribution in [0.15, 0.2) is 35.4 Å². The van der Waals surface area contributed by atoms with Gasteiger partial charge in [0.25, 0.3) is 5.56 Å². The number of sulfonamides is 1. The van der Waals surface area contributed by atoms with Crippen LogP contribution in [0.25, 0.3) is 22.0 Å². The molecule has 1 aliphatic heterocycles. The first-order valence-electron chi connectivity index (χ1n) is 10.3. The molecule has 1 saturated heterocycles. The van der Waals surface area contributed by atoms with Gasteiger partial charge in [0.2, 0.25) is 10.0 Å². The summed E-state index contributed by atoms with van der Waals surface area (Å²) >= 11 is 6.90. The summed E-state index contributed by atoms with van der Waals surface area (Å²) in [6.45, 7) is 3.73. The smallest absolute Gasteiger partial charge is 0.255 e. The number of hydrogen-bond acceptors (Lipinski definition) is 6. The minimum absolute atomic E-state index is 0.193. The van der Waals surface area contributed by atoms with Crippen LogP contribution in [0.4, 0.5) is 5.69 Å². The molecule has 1 aromatic carbocycles. The summed E-state index contributed by atoms with van der Waals surface area (Å²) in [7, 11) is -1.62. The van der Waals surface area contributed by atoms with Crippen molar-refractivity contribution in [3.63, 3.8) is 0 Å². The number of methoxy groups -OCH3 is 1. The van der Waals surface area contributed by atoms with E-state index in [2.05, 4.69) is 19.6 Å². The van der Waals surface area contributed by atoms with E-state index in [0.717, 1.165) is 17.5 Å². The number of hydrogen-bond donors (Lipinski definition) is 2. The lowest BCUT2D eigenvalue weighted by Crippen LogP contribution is -2.51. The van der Waals surface area contributed by atoms with Crippen molar-refractivity contribution in [3.8, 4) is 16.9 Å². The molecule has 8 nitrogen and oxygen atoms in total. The summed E-state index contributed by atoms with van der Waals surface area (Å²) in [4.78, 5) is 22.0. The molecule has 4 rings (SSSR count). The Morgan fingerprint density at radius 3 is 2.72 bits per heavy atom. The molecular formula is C22H25ClN4O4S. The minimum atomic E-state index is -3.22. The monoisotopic (exact) mass is 476 g/mol. The number of aromatic nitrogens is 2. The van der Waals surface area contributed by atoms with E-state index in [1.807, 2.05) is 13.0 Å². The van der Waals surface area contributed by atoms with Crippen molar-refractivity contribution in [2.45, 2.75) is 13.3 Å². The molecule has 0 spiro atoms. The van der Waals surface area contributed by atoms with Crippen molar-refractivity contribution in [2.75, 3.05) is 37.9 Å². The van der Waals surface area contributed by atoms with Gasteiger partial charge in [-0.25, -0.2) is 13.1 Å². The second-order valence-corrected chi connectivity index (χ2v) is 10.2. The number of benzene rings is 1. The molecule has 2 N–H and O–H groups in total. The average molecular weight is 477 g/mol. The third-order valence-corrected chi connectivity index (χ3v) is 6.79. The van der Waals surface area contributed by atoms with Crippen LogP contribution in [0, 0.1) is 5.92 Å². The van der Waals surface area contributed by atoms with Gasteiger partial charge < -0.3 is 14.6 Å². The molecule has 32 heavy (non-hydrogen) atoms. The first-order chi connectivity index (χ1) is 15.2. The number of anilines is 1. The van der Waals surface area contributed by atoms with Crippen LogP contribution in [0.3, 0.4) is 0 Å². The Morgan fingerprint density at radius 1 is 1.34 bits per heavy atom. The predicted octanol–water partition coefficient (Wildman–Crippen LogP) is 2.80. The molecule has 3 aromatic rings. The average Bonchev–Trinajstić information content (AvgIpc) is 2.72. The van der Waals surface area contributed by atoms with Gasteiger partial charge in [-0.05, 0) is 30.2 Å². The van der Waals surface area contributed by atoms with Gasteiger partial charge >= 0.3 is 0 Å². The van der Waals surface area contributed by atoms with Gasteiger partial charge in [0.05, 0.1) is 41.2 Å². The van der Waals surface area contributed by atoms with Crippen molar-refractivity contribution in [1.82, 2.24) is 14.7 Å². The molecule has 3 heterocycles. The van der Waals surface area contributed by atoms with E-state index in [9.17, 15) is 13.2 Å². The third kappa shape index (κ3) is 4.20. The molecule has 1 fully saturated rings. The van der Waals surface area contributed by atoms with E-state index in [-0.39, 0.29) is 11.5 Å². The number of pyridine rings is 2. The zero-order chi connectivity index (χ0) is 23.0. The molecule has 0 atom stereocenters. The topological polar surface area (TPSA) is 104 Å². The van der Waals surface area contributed by atoms with E-state index in [1.54, 1.807) is 31.6 Å². The van der Waals surface area contributed by atoms with Gasteiger partial charge in [-0.3, -0.25) is 9.78 Å². The molecular weight excluding hydrogens is 452 g/mol. The normalized spacial score (nSPS) is 14.6. The summed E-state index contributed by atoms with van der Waals surface area (Å²) < 4.78 is 31.0. The van der Waals surface area contributed by atoms with Gasteiger partial charge in [0, 0.05) is 42.9 Å². The Balaban J connectivity index is 1.79. The molecule has 0 amide bonds. The number of fused-ring (bicyclic) bond motifs is 1. The number of aromatic amines is 1. The van der Waals surface area contributed by atoms with Crippen LogP contribution >= 0.6 is 11.6 Å². The van der Waals surface area contributed by atoms with E-state index in [1.165, 1.54) is 0 Å². The fourth-order valence-electron chi connectivity index (χ4n) is 4.08. The van der Waals surface area contributed by atoms with Crippen LogP contribution in [-0.4, -0.2) is 51.4 Å². The predicted molar refractivity (Wildman–Crippen MR) is 127 cm³/mol. The maximum Gasteiger partial charge on any atom is 0.255 e. The molecule has 0 unspecified atom stereocenters. The highest BCUT2D eigenvalue weighted by Gasteiger charge is 2.30. The van der Waals surface area contributed by atoms with E-state index < -0.39 is 10.0 Å². The van der Waals surface area contributed by atoms with Crippen molar-refractivity contribution >= 4 is 38.2 Å². The van der Waals surface area contributed by atoms with Crippen LogP contribution in [0.1, 0.15) is 12.5 Å². The van der Waals surface area contributed by atoms with Crippen molar-refractivity contribution < 1.29 is 13.2 Å². The van der Waals surface area contributed by atoms with Crippen molar-refractivity contribution in [1.29, 1.82) is 0 Å². The van der Waals surface area contributed by atoms with Gasteiger partial charge in [-0.15, -0.1) is 0 Å². The van der Waals surface area contributed by atoms with Gasteiger partial charge in [-0.2, -0.15) is 0 Å². The van der Waals surface area contributed by atoms with Crippen LogP contribution in [0.5, 0.6) is 5.75 Å². The van der Waals surface area contributed by atoms with Crippen LogP contribution in [0.2, 0.25) is 5.02 Å². The fraction of sp³-hybridized carbons (Fsp3) is 0.364. The van der Waals surface area contributed by atoms with Crippen molar-refractivity contribution in [3.05, 3.63) is 51.5 Å². The summed E-state index contributed by atoms with van der Waals surface area (Å²) in [6.07, 6.45) is 5.15. The Bertz CT molecular complexity index is 1330. The number of rotatable bonds is 7. The Hall–Kier alpha value is -2.62. The summed E-state index contributed by atoms with van der Waals surface area (Å²) in [6, 6.07) is 5.47.